The number of piperidine rings is 1. The van der Waals surface area contributed by atoms with Gasteiger partial charge < -0.3 is 10.2 Å². The van der Waals surface area contributed by atoms with Gasteiger partial charge in [-0.15, -0.1) is 0 Å². The van der Waals surface area contributed by atoms with Crippen LogP contribution in [0.3, 0.4) is 0 Å². The number of halogens is 1. The molecule has 9 heteroatoms. The molecule has 0 aromatic heterocycles. The Morgan fingerprint density at radius 1 is 0.969 bits per heavy atom. The smallest absolute Gasteiger partial charge is 0.244 e. The van der Waals surface area contributed by atoms with Crippen molar-refractivity contribution in [3.8, 4) is 0 Å². The number of carbonyl (C=O) groups is 2. The predicted molar refractivity (Wildman–Crippen MR) is 124 cm³/mol. The van der Waals surface area contributed by atoms with Crippen molar-refractivity contribution in [3.63, 3.8) is 0 Å². The quantitative estimate of drug-likeness (QED) is 0.712. The molecular weight excluding hydrogens is 450 g/mol. The fourth-order valence-electron chi connectivity index (χ4n) is 4.19. The summed E-state index contributed by atoms with van der Waals surface area (Å²) < 4.78 is 27.7. The lowest BCUT2D eigenvalue weighted by molar-refractivity contribution is -0.121. The molecule has 32 heavy (non-hydrogen) atoms. The maximum absolute atomic E-state index is 13.1. The highest BCUT2D eigenvalue weighted by molar-refractivity contribution is 7.89. The Morgan fingerprint density at radius 3 is 2.41 bits per heavy atom. The molecule has 2 aliphatic rings. The molecule has 0 radical (unpaired) electrons. The number of sulfonamides is 1. The number of anilines is 2. The van der Waals surface area contributed by atoms with Gasteiger partial charge in [0.25, 0.3) is 0 Å². The van der Waals surface area contributed by atoms with Gasteiger partial charge in [0.1, 0.15) is 6.54 Å². The number of nitrogens with zero attached hydrogens (tertiary/aromatic N) is 2. The van der Waals surface area contributed by atoms with Crippen LogP contribution in [-0.2, 0) is 26.0 Å². The minimum atomic E-state index is -3.57. The van der Waals surface area contributed by atoms with Crippen molar-refractivity contribution in [2.24, 2.45) is 0 Å². The van der Waals surface area contributed by atoms with Gasteiger partial charge in [0.15, 0.2) is 0 Å². The van der Waals surface area contributed by atoms with Gasteiger partial charge in [-0.2, -0.15) is 4.31 Å². The van der Waals surface area contributed by atoms with Crippen molar-refractivity contribution >= 4 is 44.8 Å². The fourth-order valence-corrected chi connectivity index (χ4v) is 5.88. The fraction of sp³-hybridized carbons (Fsp3) is 0.391. The van der Waals surface area contributed by atoms with Crippen LogP contribution >= 0.6 is 11.6 Å². The van der Waals surface area contributed by atoms with E-state index in [-0.39, 0.29) is 23.3 Å². The van der Waals surface area contributed by atoms with Gasteiger partial charge in [-0.05, 0) is 73.7 Å². The van der Waals surface area contributed by atoms with Crippen LogP contribution in [-0.4, -0.2) is 44.2 Å². The Hall–Kier alpha value is -2.42. The van der Waals surface area contributed by atoms with Crippen LogP contribution in [0, 0.1) is 0 Å². The van der Waals surface area contributed by atoms with E-state index in [9.17, 15) is 18.0 Å². The first kappa shape index (κ1) is 22.8. The van der Waals surface area contributed by atoms with Gasteiger partial charge in [0.05, 0.1) is 4.90 Å². The second-order valence-corrected chi connectivity index (χ2v) is 10.5. The topological polar surface area (TPSA) is 86.8 Å². The van der Waals surface area contributed by atoms with Gasteiger partial charge in [-0.25, -0.2) is 8.42 Å². The maximum atomic E-state index is 13.1. The van der Waals surface area contributed by atoms with E-state index < -0.39 is 10.0 Å². The summed E-state index contributed by atoms with van der Waals surface area (Å²) in [4.78, 5) is 27.1. The van der Waals surface area contributed by atoms with Crippen molar-refractivity contribution in [1.82, 2.24) is 4.31 Å². The molecule has 2 aromatic rings. The molecule has 0 atom stereocenters. The molecule has 0 bridgehead atoms. The van der Waals surface area contributed by atoms with Crippen molar-refractivity contribution in [2.75, 3.05) is 29.9 Å². The van der Waals surface area contributed by atoms with Gasteiger partial charge in [-0.1, -0.05) is 18.0 Å². The molecule has 2 amide bonds. The molecule has 0 spiro atoms. The number of benzene rings is 2. The van der Waals surface area contributed by atoms with Crippen LogP contribution in [0.4, 0.5) is 11.4 Å². The van der Waals surface area contributed by atoms with Gasteiger partial charge in [0, 0.05) is 35.9 Å². The summed E-state index contributed by atoms with van der Waals surface area (Å²) in [7, 11) is -3.57. The molecule has 2 aliphatic heterocycles. The first-order valence-corrected chi connectivity index (χ1v) is 12.7. The molecule has 0 saturated carbocycles. The number of amides is 2. The van der Waals surface area contributed by atoms with E-state index in [1.54, 1.807) is 42.5 Å². The number of fused-ring (bicyclic) bond motifs is 1. The molecular formula is C23H26ClN3O4S. The van der Waals surface area contributed by atoms with Gasteiger partial charge >= 0.3 is 0 Å². The highest BCUT2D eigenvalue weighted by Crippen LogP contribution is 2.31. The second kappa shape index (κ2) is 9.60. The summed E-state index contributed by atoms with van der Waals surface area (Å²) in [5.41, 5.74) is 1.95. The largest absolute Gasteiger partial charge is 0.325 e. The number of hydrogen-bond acceptors (Lipinski definition) is 4. The van der Waals surface area contributed by atoms with Crippen LogP contribution in [0.1, 0.15) is 37.7 Å². The highest BCUT2D eigenvalue weighted by atomic mass is 35.5. The van der Waals surface area contributed by atoms with Crippen molar-refractivity contribution in [2.45, 2.75) is 43.4 Å². The van der Waals surface area contributed by atoms with Gasteiger partial charge in [-0.3, -0.25) is 9.59 Å². The monoisotopic (exact) mass is 475 g/mol. The van der Waals surface area contributed by atoms with Crippen molar-refractivity contribution in [1.29, 1.82) is 0 Å². The van der Waals surface area contributed by atoms with E-state index in [0.29, 0.717) is 48.7 Å². The summed E-state index contributed by atoms with van der Waals surface area (Å²) in [6, 6.07) is 11.6. The minimum Gasteiger partial charge on any atom is -0.325 e. The van der Waals surface area contributed by atoms with Crippen LogP contribution < -0.4 is 10.2 Å². The van der Waals surface area contributed by atoms with E-state index in [4.69, 9.17) is 11.6 Å². The Labute approximate surface area is 193 Å². The number of carbonyl (C=O) groups excluding carboxylic acids is 2. The summed E-state index contributed by atoms with van der Waals surface area (Å²) in [5, 5.41) is 3.34. The summed E-state index contributed by atoms with van der Waals surface area (Å²) in [5.74, 6) is -0.486. The van der Waals surface area contributed by atoms with E-state index in [0.717, 1.165) is 24.8 Å². The normalized spacial score (nSPS) is 17.5. The Bertz CT molecular complexity index is 1110. The summed E-state index contributed by atoms with van der Waals surface area (Å²) in [6.07, 6.45) is 4.28. The Balaban J connectivity index is 1.57. The van der Waals surface area contributed by atoms with E-state index in [1.807, 2.05) is 0 Å². The molecule has 1 N–H and O–H groups in total. The molecule has 7 nitrogen and oxygen atoms in total. The molecule has 1 saturated heterocycles. The molecule has 0 aliphatic carbocycles. The Kier molecular flexibility index (Phi) is 6.83. The third-order valence-electron chi connectivity index (χ3n) is 5.86. The number of rotatable bonds is 5. The van der Waals surface area contributed by atoms with Crippen LogP contribution in [0.2, 0.25) is 5.02 Å². The minimum absolute atomic E-state index is 0.146. The molecule has 2 heterocycles. The second-order valence-electron chi connectivity index (χ2n) is 8.14. The first-order valence-electron chi connectivity index (χ1n) is 10.8. The van der Waals surface area contributed by atoms with E-state index in [1.165, 1.54) is 9.21 Å². The zero-order valence-corrected chi connectivity index (χ0v) is 19.3. The predicted octanol–water partition coefficient (Wildman–Crippen LogP) is 3.82. The zero-order chi connectivity index (χ0) is 22.7. The van der Waals surface area contributed by atoms with Crippen LogP contribution in [0.25, 0.3) is 0 Å². The number of nitrogens with one attached hydrogen (secondary N) is 1. The lowest BCUT2D eigenvalue weighted by Gasteiger charge is -2.27. The average molecular weight is 476 g/mol. The molecule has 2 aromatic carbocycles. The Morgan fingerprint density at radius 2 is 1.69 bits per heavy atom. The lowest BCUT2D eigenvalue weighted by Crippen LogP contribution is -2.38. The highest BCUT2D eigenvalue weighted by Gasteiger charge is 2.29. The lowest BCUT2D eigenvalue weighted by atomic mass is 10.1. The summed E-state index contributed by atoms with van der Waals surface area (Å²) >= 11 is 5.88. The average Bonchev–Trinajstić information content (AvgIpc) is 2.94. The number of aryl methyl sites for hydroxylation is 1. The van der Waals surface area contributed by atoms with Gasteiger partial charge in [0.2, 0.25) is 21.8 Å². The van der Waals surface area contributed by atoms with E-state index >= 15 is 0 Å². The number of hydrogen-bond donors (Lipinski definition) is 1. The van der Waals surface area contributed by atoms with Crippen molar-refractivity contribution < 1.29 is 18.0 Å². The zero-order valence-electron chi connectivity index (χ0n) is 17.7. The summed E-state index contributed by atoms with van der Waals surface area (Å²) in [6.45, 7) is 0.927. The van der Waals surface area contributed by atoms with Crippen molar-refractivity contribution in [3.05, 3.63) is 53.1 Å². The van der Waals surface area contributed by atoms with E-state index in [2.05, 4.69) is 5.32 Å². The maximum Gasteiger partial charge on any atom is 0.244 e. The molecule has 170 valence electrons. The molecule has 4 rings (SSSR count). The molecule has 0 unspecified atom stereocenters. The third-order valence-corrected chi connectivity index (χ3v) is 8.01. The van der Waals surface area contributed by atoms with Crippen LogP contribution in [0.15, 0.2) is 47.4 Å². The molecule has 1 fully saturated rings. The first-order chi connectivity index (χ1) is 15.3. The standard InChI is InChI=1S/C23H26ClN3O4S/c24-18-7-9-19(10-8-18)25-22(28)16-27-21-12-11-20(15-17(21)5-4-6-23(27)29)32(30,31)26-13-2-1-3-14-26/h7-12,15H,1-6,13-14,16H2,(H,25,28). The third kappa shape index (κ3) is 4.98. The van der Waals surface area contributed by atoms with Crippen LogP contribution in [0.5, 0.6) is 0 Å². The SMILES string of the molecule is O=C(CN1C(=O)CCCc2cc(S(=O)(=O)N3CCCCC3)ccc21)Nc1ccc(Cl)cc1.